The fourth-order valence-electron chi connectivity index (χ4n) is 4.61. The van der Waals surface area contributed by atoms with Crippen LogP contribution in [0.4, 0.5) is 0 Å². The predicted octanol–water partition coefficient (Wildman–Crippen LogP) is 5.00. The Kier molecular flexibility index (Phi) is 4.60. The van der Waals surface area contributed by atoms with Crippen LogP contribution < -0.4 is 0 Å². The molecule has 0 amide bonds. The molecule has 0 aliphatic carbocycles. The van der Waals surface area contributed by atoms with Gasteiger partial charge in [0.1, 0.15) is 5.65 Å². The maximum absolute atomic E-state index is 5.01. The molecule has 0 N–H and O–H groups in total. The molecule has 0 spiro atoms. The smallest absolute Gasteiger partial charge is 0.137 e. The van der Waals surface area contributed by atoms with Gasteiger partial charge in [-0.05, 0) is 69.1 Å². The second-order valence-corrected chi connectivity index (χ2v) is 7.87. The molecule has 5 heteroatoms. The minimum absolute atomic E-state index is 0.292. The Morgan fingerprint density at radius 2 is 1.76 bits per heavy atom. The normalized spacial score (nSPS) is 20.2. The summed E-state index contributed by atoms with van der Waals surface area (Å²) >= 11 is 0. The molecule has 4 aromatic heterocycles. The van der Waals surface area contributed by atoms with Crippen LogP contribution in [0.5, 0.6) is 0 Å². The van der Waals surface area contributed by atoms with Crippen molar-refractivity contribution in [2.75, 3.05) is 7.05 Å². The van der Waals surface area contributed by atoms with E-state index in [0.29, 0.717) is 12.1 Å². The van der Waals surface area contributed by atoms with Gasteiger partial charge in [0.15, 0.2) is 0 Å². The number of aromatic nitrogens is 4. The highest BCUT2D eigenvalue weighted by atomic mass is 15.2. The Morgan fingerprint density at radius 3 is 2.59 bits per heavy atom. The summed E-state index contributed by atoms with van der Waals surface area (Å²) in [6.07, 6.45) is 11.2. The molecule has 1 aliphatic rings. The number of nitrogens with zero attached hydrogens (tertiary/aromatic N) is 5. The summed E-state index contributed by atoms with van der Waals surface area (Å²) in [5, 5.41) is 0. The number of piperidine rings is 1. The highest BCUT2D eigenvalue weighted by Crippen LogP contribution is 2.40. The molecule has 0 unspecified atom stereocenters. The molecule has 146 valence electrons. The van der Waals surface area contributed by atoms with Gasteiger partial charge in [0, 0.05) is 30.4 Å². The molecule has 1 fully saturated rings. The summed E-state index contributed by atoms with van der Waals surface area (Å²) in [7, 11) is 2.22. The first kappa shape index (κ1) is 18.0. The number of aryl methyl sites for hydroxylation is 1. The Labute approximate surface area is 171 Å². The summed E-state index contributed by atoms with van der Waals surface area (Å²) in [5.41, 5.74) is 6.86. The highest BCUT2D eigenvalue weighted by molar-refractivity contribution is 5.63. The van der Waals surface area contributed by atoms with E-state index in [1.165, 1.54) is 17.7 Å². The van der Waals surface area contributed by atoms with Crippen molar-refractivity contribution in [3.05, 3.63) is 84.2 Å². The quantitative estimate of drug-likeness (QED) is 0.500. The zero-order valence-corrected chi connectivity index (χ0v) is 16.9. The molecule has 1 aliphatic heterocycles. The maximum atomic E-state index is 5.01. The van der Waals surface area contributed by atoms with Gasteiger partial charge < -0.3 is 0 Å². The zero-order valence-electron chi connectivity index (χ0n) is 16.9. The van der Waals surface area contributed by atoms with Crippen molar-refractivity contribution >= 4 is 5.65 Å². The van der Waals surface area contributed by atoms with Crippen LogP contribution >= 0.6 is 0 Å². The molecule has 0 bridgehead atoms. The Morgan fingerprint density at radius 1 is 0.931 bits per heavy atom. The van der Waals surface area contributed by atoms with Crippen LogP contribution in [0.15, 0.2) is 67.3 Å². The fraction of sp³-hybridized carbons (Fsp3) is 0.292. The molecule has 2 atom stereocenters. The van der Waals surface area contributed by atoms with Crippen LogP contribution in [0.1, 0.15) is 48.3 Å². The number of pyridine rings is 3. The third kappa shape index (κ3) is 3.21. The molecular weight excluding hydrogens is 358 g/mol. The van der Waals surface area contributed by atoms with Gasteiger partial charge in [-0.1, -0.05) is 12.1 Å². The predicted molar refractivity (Wildman–Crippen MR) is 114 cm³/mol. The largest absolute Gasteiger partial charge is 0.299 e. The lowest BCUT2D eigenvalue weighted by Gasteiger charge is -2.39. The van der Waals surface area contributed by atoms with Crippen molar-refractivity contribution < 1.29 is 0 Å². The van der Waals surface area contributed by atoms with Gasteiger partial charge in [-0.25, -0.2) is 4.98 Å². The Hall–Kier alpha value is -3.05. The molecule has 1 saturated heterocycles. The lowest BCUT2D eigenvalue weighted by Crippen LogP contribution is -2.34. The van der Waals surface area contributed by atoms with Crippen LogP contribution in [0.3, 0.4) is 0 Å². The van der Waals surface area contributed by atoms with Gasteiger partial charge in [0.05, 0.1) is 29.2 Å². The number of hydrogen-bond acceptors (Lipinski definition) is 4. The molecule has 5 heterocycles. The van der Waals surface area contributed by atoms with E-state index < -0.39 is 0 Å². The van der Waals surface area contributed by atoms with E-state index in [-0.39, 0.29) is 0 Å². The van der Waals surface area contributed by atoms with Crippen molar-refractivity contribution in [3.8, 4) is 11.3 Å². The average Bonchev–Trinajstić information content (AvgIpc) is 3.19. The summed E-state index contributed by atoms with van der Waals surface area (Å²) in [6.45, 7) is 2.16. The second-order valence-electron chi connectivity index (χ2n) is 7.87. The molecular formula is C24H25N5. The minimum atomic E-state index is 0.292. The van der Waals surface area contributed by atoms with E-state index in [4.69, 9.17) is 9.97 Å². The summed E-state index contributed by atoms with van der Waals surface area (Å²) in [6, 6.07) is 15.2. The highest BCUT2D eigenvalue weighted by Gasteiger charge is 2.32. The third-order valence-corrected chi connectivity index (χ3v) is 6.13. The van der Waals surface area contributed by atoms with Gasteiger partial charge in [0.2, 0.25) is 0 Å². The SMILES string of the molecule is Cc1cccnc1[C@@H]1CCC[C@H](c2cn3c(-c4ccncc4)cccc3n2)N1C. The minimum Gasteiger partial charge on any atom is -0.299 e. The average molecular weight is 383 g/mol. The lowest BCUT2D eigenvalue weighted by atomic mass is 9.91. The van der Waals surface area contributed by atoms with Gasteiger partial charge in [-0.15, -0.1) is 0 Å². The van der Waals surface area contributed by atoms with Crippen molar-refractivity contribution in [3.63, 3.8) is 0 Å². The number of imidazole rings is 1. The van der Waals surface area contributed by atoms with Gasteiger partial charge in [-0.2, -0.15) is 0 Å². The maximum Gasteiger partial charge on any atom is 0.137 e. The van der Waals surface area contributed by atoms with E-state index in [2.05, 4.69) is 58.7 Å². The molecule has 0 saturated carbocycles. The van der Waals surface area contributed by atoms with Crippen LogP contribution in [-0.2, 0) is 0 Å². The first-order chi connectivity index (χ1) is 14.2. The standard InChI is InChI=1S/C24H25N5/c1-17-6-5-13-26-24(17)22-9-3-8-21(28(22)2)19-16-29-20(7-4-10-23(29)27-19)18-11-14-25-15-12-18/h4-7,10-16,21-22H,3,8-9H2,1-2H3/t21-,22+/m1/s1. The van der Waals surface area contributed by atoms with Crippen molar-refractivity contribution in [1.82, 2.24) is 24.3 Å². The van der Waals surface area contributed by atoms with Gasteiger partial charge in [0.25, 0.3) is 0 Å². The zero-order chi connectivity index (χ0) is 19.8. The van der Waals surface area contributed by atoms with Crippen LogP contribution in [0.25, 0.3) is 16.9 Å². The second kappa shape index (κ2) is 7.41. The third-order valence-electron chi connectivity index (χ3n) is 6.13. The number of hydrogen-bond donors (Lipinski definition) is 0. The Balaban J connectivity index is 1.53. The first-order valence-corrected chi connectivity index (χ1v) is 10.2. The first-order valence-electron chi connectivity index (χ1n) is 10.2. The number of likely N-dealkylation sites (tertiary alicyclic amines) is 1. The molecule has 0 radical (unpaired) electrons. The van der Waals surface area contributed by atoms with Crippen molar-refractivity contribution in [2.45, 2.75) is 38.3 Å². The summed E-state index contributed by atoms with van der Waals surface area (Å²) in [4.78, 5) is 16.3. The van der Waals surface area contributed by atoms with E-state index in [9.17, 15) is 0 Å². The molecule has 5 nitrogen and oxygen atoms in total. The summed E-state index contributed by atoms with van der Waals surface area (Å²) < 4.78 is 2.20. The molecule has 29 heavy (non-hydrogen) atoms. The van der Waals surface area contributed by atoms with Gasteiger partial charge >= 0.3 is 0 Å². The van der Waals surface area contributed by atoms with E-state index in [1.807, 2.05) is 36.8 Å². The van der Waals surface area contributed by atoms with Crippen molar-refractivity contribution in [2.24, 2.45) is 0 Å². The molecule has 0 aromatic carbocycles. The lowest BCUT2D eigenvalue weighted by molar-refractivity contribution is 0.109. The van der Waals surface area contributed by atoms with E-state index in [1.54, 1.807) is 0 Å². The molecule has 4 aromatic rings. The number of rotatable bonds is 3. The number of fused-ring (bicyclic) bond motifs is 1. The molecule has 5 rings (SSSR count). The van der Waals surface area contributed by atoms with E-state index >= 15 is 0 Å². The van der Waals surface area contributed by atoms with Crippen LogP contribution in [-0.4, -0.2) is 31.3 Å². The van der Waals surface area contributed by atoms with Crippen LogP contribution in [0.2, 0.25) is 0 Å². The Bertz CT molecular complexity index is 1130. The topological polar surface area (TPSA) is 46.3 Å². The monoisotopic (exact) mass is 383 g/mol. The van der Waals surface area contributed by atoms with Crippen molar-refractivity contribution in [1.29, 1.82) is 0 Å². The van der Waals surface area contributed by atoms with Crippen LogP contribution in [0, 0.1) is 6.92 Å². The van der Waals surface area contributed by atoms with Gasteiger partial charge in [-0.3, -0.25) is 19.3 Å². The summed E-state index contributed by atoms with van der Waals surface area (Å²) in [5.74, 6) is 0. The van der Waals surface area contributed by atoms with E-state index in [0.717, 1.165) is 35.4 Å². The fourth-order valence-corrected chi connectivity index (χ4v) is 4.61.